The highest BCUT2D eigenvalue weighted by Gasteiger charge is 2.11. The Labute approximate surface area is 103 Å². The number of hydrogen-bond donors (Lipinski definition) is 0. The topological polar surface area (TPSA) is 16.8 Å². The summed E-state index contributed by atoms with van der Waals surface area (Å²) in [5.74, 6) is 0.548. The molecule has 2 nitrogen and oxygen atoms in total. The van der Waals surface area contributed by atoms with Gasteiger partial charge in [0, 0.05) is 0 Å². The van der Waals surface area contributed by atoms with E-state index in [-0.39, 0.29) is 0 Å². The second kappa shape index (κ2) is 5.13. The van der Waals surface area contributed by atoms with Crippen LogP contribution in [-0.2, 0) is 0 Å². The fraction of sp³-hybridized carbons (Fsp3) is 0.286. The van der Waals surface area contributed by atoms with Crippen LogP contribution in [0.5, 0.6) is 0 Å². The van der Waals surface area contributed by atoms with Crippen LogP contribution in [0.25, 0.3) is 17.0 Å². The number of fused-ring (bicyclic) bond motifs is 1. The van der Waals surface area contributed by atoms with Crippen molar-refractivity contribution in [1.29, 1.82) is 0 Å². The molecule has 0 spiro atoms. The normalized spacial score (nSPS) is 11.5. The van der Waals surface area contributed by atoms with Gasteiger partial charge in [-0.3, -0.25) is 4.48 Å². The van der Waals surface area contributed by atoms with Crippen LogP contribution in [0.4, 0.5) is 0 Å². The predicted octanol–water partition coefficient (Wildman–Crippen LogP) is 2.71. The monoisotopic (exact) mass is 224 g/mol. The lowest BCUT2D eigenvalue weighted by Crippen LogP contribution is -2.41. The van der Waals surface area contributed by atoms with Gasteiger partial charge in [-0.05, 0) is 30.9 Å². The van der Waals surface area contributed by atoms with Crippen molar-refractivity contribution >= 4 is 24.4 Å². The average molecular weight is 224 g/mol. The summed E-state index contributed by atoms with van der Waals surface area (Å²) in [5.41, 5.74) is 2.22. The van der Waals surface area contributed by atoms with Crippen molar-refractivity contribution in [3.63, 3.8) is 0 Å². The quantitative estimate of drug-likeness (QED) is 0.732. The molecule has 1 heterocycles. The van der Waals surface area contributed by atoms with E-state index in [2.05, 4.69) is 47.6 Å². The highest BCUT2D eigenvalue weighted by Crippen LogP contribution is 2.14. The summed E-state index contributed by atoms with van der Waals surface area (Å²) in [6, 6.07) is 8.23. The lowest BCUT2D eigenvalue weighted by Gasteiger charge is -2.03. The fourth-order valence-electron chi connectivity index (χ4n) is 1.79. The lowest BCUT2D eigenvalue weighted by molar-refractivity contribution is -0.533. The summed E-state index contributed by atoms with van der Waals surface area (Å²) in [6.07, 6.45) is 6.25. The van der Waals surface area contributed by atoms with Crippen LogP contribution in [0.15, 0.2) is 36.7 Å². The Kier molecular flexibility index (Phi) is 3.57. The van der Waals surface area contributed by atoms with Crippen LogP contribution < -0.4 is 4.48 Å². The van der Waals surface area contributed by atoms with Crippen LogP contribution in [0.1, 0.15) is 19.5 Å². The molecule has 0 atom stereocenters. The van der Waals surface area contributed by atoms with Gasteiger partial charge in [0.05, 0.1) is 5.39 Å². The highest BCUT2D eigenvalue weighted by molar-refractivity contribution is 6.22. The zero-order chi connectivity index (χ0) is 12.3. The molecule has 0 amide bonds. The molecule has 0 unspecified atom stereocenters. The minimum atomic E-state index is 0.548. The standard InChI is InChI=1S/C14H17BN2/c1-11(2)8-9-14-12-6-4-5-7-13(12)16-10-17(14)15-3/h4-11H,1-3H3/q+1/b9-8+. The zero-order valence-corrected chi connectivity index (χ0v) is 10.6. The Morgan fingerprint density at radius 3 is 2.76 bits per heavy atom. The van der Waals surface area contributed by atoms with Crippen molar-refractivity contribution < 1.29 is 4.48 Å². The number of benzene rings is 1. The van der Waals surface area contributed by atoms with Crippen molar-refractivity contribution in [3.05, 3.63) is 42.4 Å². The Hall–Kier alpha value is -1.64. The third-order valence-corrected chi connectivity index (χ3v) is 2.70. The second-order valence-corrected chi connectivity index (χ2v) is 4.42. The van der Waals surface area contributed by atoms with Gasteiger partial charge in [-0.25, -0.2) is 0 Å². The molecule has 1 radical (unpaired) electrons. The Bertz CT molecular complexity index is 547. The van der Waals surface area contributed by atoms with E-state index in [0.717, 1.165) is 5.52 Å². The number of aromatic nitrogens is 2. The van der Waals surface area contributed by atoms with Gasteiger partial charge >= 0.3 is 7.41 Å². The number of hydrogen-bond acceptors (Lipinski definition) is 1. The maximum Gasteiger partial charge on any atom is 0.394 e. The van der Waals surface area contributed by atoms with E-state index in [1.807, 2.05) is 32.7 Å². The maximum absolute atomic E-state index is 4.44. The SMILES string of the molecule is C[B][n+]1cnc2ccccc2c1/C=C/C(C)C. The Morgan fingerprint density at radius 1 is 1.29 bits per heavy atom. The first-order valence-corrected chi connectivity index (χ1v) is 5.99. The third kappa shape index (κ3) is 2.55. The third-order valence-electron chi connectivity index (χ3n) is 2.70. The van der Waals surface area contributed by atoms with Gasteiger partial charge in [0.1, 0.15) is 5.69 Å². The minimum Gasteiger partial charge on any atom is -0.296 e. The highest BCUT2D eigenvalue weighted by atomic mass is 14.9. The van der Waals surface area contributed by atoms with Crippen LogP contribution in [0, 0.1) is 5.92 Å². The van der Waals surface area contributed by atoms with E-state index in [1.165, 1.54) is 11.1 Å². The number of nitrogens with zero attached hydrogens (tertiary/aromatic N) is 2. The molecular formula is C14H17BN2+. The minimum absolute atomic E-state index is 0.548. The first-order chi connectivity index (χ1) is 8.22. The van der Waals surface area contributed by atoms with Gasteiger partial charge in [0.2, 0.25) is 0 Å². The molecule has 1 aromatic heterocycles. The van der Waals surface area contributed by atoms with E-state index >= 15 is 0 Å². The number of para-hydroxylation sites is 1. The molecule has 0 aliphatic rings. The molecule has 1 aromatic carbocycles. The van der Waals surface area contributed by atoms with E-state index in [1.54, 1.807) is 0 Å². The molecule has 85 valence electrons. The zero-order valence-electron chi connectivity index (χ0n) is 10.6. The van der Waals surface area contributed by atoms with Crippen molar-refractivity contribution in [2.75, 3.05) is 0 Å². The van der Waals surface area contributed by atoms with Crippen molar-refractivity contribution in [3.8, 4) is 0 Å². The predicted molar refractivity (Wildman–Crippen MR) is 72.8 cm³/mol. The van der Waals surface area contributed by atoms with Gasteiger partial charge in [0.25, 0.3) is 6.33 Å². The van der Waals surface area contributed by atoms with Crippen LogP contribution in [-0.4, -0.2) is 12.4 Å². The van der Waals surface area contributed by atoms with Gasteiger partial charge in [0.15, 0.2) is 5.52 Å². The first kappa shape index (κ1) is 11.8. The summed E-state index contributed by atoms with van der Waals surface area (Å²) in [6.45, 7) is 6.38. The molecule has 0 aliphatic carbocycles. The van der Waals surface area contributed by atoms with Crippen LogP contribution >= 0.6 is 0 Å². The molecule has 3 heteroatoms. The van der Waals surface area contributed by atoms with E-state index in [9.17, 15) is 0 Å². The lowest BCUT2D eigenvalue weighted by atomic mass is 9.97. The fourth-order valence-corrected chi connectivity index (χ4v) is 1.79. The second-order valence-electron chi connectivity index (χ2n) is 4.42. The van der Waals surface area contributed by atoms with Crippen molar-refractivity contribution in [2.45, 2.75) is 20.7 Å². The molecule has 0 fully saturated rings. The average Bonchev–Trinajstić information content (AvgIpc) is 2.35. The molecule has 0 saturated carbocycles. The molecule has 0 saturated heterocycles. The summed E-state index contributed by atoms with van der Waals surface area (Å²) in [7, 11) is 2.03. The van der Waals surface area contributed by atoms with Gasteiger partial charge < -0.3 is 0 Å². The summed E-state index contributed by atoms with van der Waals surface area (Å²) < 4.78 is 2.06. The molecule has 17 heavy (non-hydrogen) atoms. The van der Waals surface area contributed by atoms with Crippen molar-refractivity contribution in [1.82, 2.24) is 4.98 Å². The van der Waals surface area contributed by atoms with Gasteiger partial charge in [-0.2, -0.15) is 0 Å². The molecule has 0 aliphatic heterocycles. The summed E-state index contributed by atoms with van der Waals surface area (Å²) in [4.78, 5) is 4.44. The largest absolute Gasteiger partial charge is 0.394 e. The maximum atomic E-state index is 4.44. The van der Waals surface area contributed by atoms with E-state index in [0.29, 0.717) is 5.92 Å². The summed E-state index contributed by atoms with van der Waals surface area (Å²) in [5, 5.41) is 1.19. The molecule has 2 rings (SSSR count). The summed E-state index contributed by atoms with van der Waals surface area (Å²) >= 11 is 0. The molecule has 2 aromatic rings. The molecule has 0 N–H and O–H groups in total. The molecule has 0 bridgehead atoms. The van der Waals surface area contributed by atoms with E-state index < -0.39 is 0 Å². The Morgan fingerprint density at radius 2 is 2.06 bits per heavy atom. The van der Waals surface area contributed by atoms with Crippen molar-refractivity contribution in [2.24, 2.45) is 5.92 Å². The van der Waals surface area contributed by atoms with Crippen LogP contribution in [0.3, 0.4) is 0 Å². The number of allylic oxidation sites excluding steroid dienone is 1. The number of rotatable bonds is 3. The van der Waals surface area contributed by atoms with E-state index in [4.69, 9.17) is 0 Å². The Balaban J connectivity index is 2.63. The van der Waals surface area contributed by atoms with Gasteiger partial charge in [-0.15, -0.1) is 0 Å². The molecular weight excluding hydrogens is 207 g/mol. The van der Waals surface area contributed by atoms with Crippen LogP contribution in [0.2, 0.25) is 6.82 Å². The van der Waals surface area contributed by atoms with Gasteiger partial charge in [-0.1, -0.05) is 37.0 Å². The smallest absolute Gasteiger partial charge is 0.296 e. The first-order valence-electron chi connectivity index (χ1n) is 5.99.